The molecule has 2 atom stereocenters. The molecule has 3 aromatic rings. The summed E-state index contributed by atoms with van der Waals surface area (Å²) in [5.74, 6) is -1.27. The van der Waals surface area contributed by atoms with E-state index < -0.39 is 27.9 Å². The van der Waals surface area contributed by atoms with Crippen LogP contribution in [0.15, 0.2) is 83.8 Å². The number of fused-ring (bicyclic) bond motifs is 1. The van der Waals surface area contributed by atoms with Crippen molar-refractivity contribution in [1.82, 2.24) is 9.62 Å². The van der Waals surface area contributed by atoms with E-state index in [4.69, 9.17) is 4.74 Å². The predicted octanol–water partition coefficient (Wildman–Crippen LogP) is 3.38. The van der Waals surface area contributed by atoms with Crippen LogP contribution in [-0.4, -0.2) is 56.8 Å². The molecule has 204 valence electrons. The first-order chi connectivity index (χ1) is 18.8. The molecular formula is C29H30FN3O5S. The standard InChI is InChI=1S/C29H30FN3O5S/c30-23-12-14-24(15-13-23)39(36,37)32-18-6-9-22(19-32)29(35)33-20-27(38-26-11-5-4-10-25(26)33)28(34)31-17-16-21-7-2-1-3-8-21/h1-5,7-8,10-15,22,27H,6,9,16-20H2,(H,31,34)/t22-,27+/m0/s1. The van der Waals surface area contributed by atoms with Crippen LogP contribution in [0, 0.1) is 11.7 Å². The first-order valence-corrected chi connectivity index (χ1v) is 14.4. The Morgan fingerprint density at radius 3 is 2.44 bits per heavy atom. The van der Waals surface area contributed by atoms with Crippen LogP contribution < -0.4 is 15.0 Å². The minimum Gasteiger partial charge on any atom is -0.477 e. The first kappa shape index (κ1) is 26.8. The number of halogens is 1. The molecule has 3 aromatic carbocycles. The van der Waals surface area contributed by atoms with Crippen molar-refractivity contribution in [2.45, 2.75) is 30.3 Å². The van der Waals surface area contributed by atoms with Gasteiger partial charge in [0.2, 0.25) is 15.9 Å². The average Bonchev–Trinajstić information content (AvgIpc) is 2.97. The van der Waals surface area contributed by atoms with Crippen molar-refractivity contribution in [2.24, 2.45) is 5.92 Å². The largest absolute Gasteiger partial charge is 0.477 e. The molecule has 0 aromatic heterocycles. The van der Waals surface area contributed by atoms with Crippen LogP contribution in [0.2, 0.25) is 0 Å². The van der Waals surface area contributed by atoms with Gasteiger partial charge in [-0.25, -0.2) is 12.8 Å². The number of amides is 2. The van der Waals surface area contributed by atoms with E-state index in [0.717, 1.165) is 17.7 Å². The van der Waals surface area contributed by atoms with Crippen LogP contribution in [0.5, 0.6) is 5.75 Å². The van der Waals surface area contributed by atoms with Crippen LogP contribution >= 0.6 is 0 Å². The topological polar surface area (TPSA) is 96.0 Å². The molecule has 2 amide bonds. The number of benzene rings is 3. The summed E-state index contributed by atoms with van der Waals surface area (Å²) in [6, 6.07) is 21.5. The van der Waals surface area contributed by atoms with Crippen LogP contribution in [0.4, 0.5) is 10.1 Å². The van der Waals surface area contributed by atoms with Crippen molar-refractivity contribution in [3.8, 4) is 5.75 Å². The number of nitrogens with zero attached hydrogens (tertiary/aromatic N) is 2. The van der Waals surface area contributed by atoms with Gasteiger partial charge in [-0.3, -0.25) is 9.59 Å². The smallest absolute Gasteiger partial charge is 0.262 e. The van der Waals surface area contributed by atoms with Crippen molar-refractivity contribution in [1.29, 1.82) is 0 Å². The molecule has 0 unspecified atom stereocenters. The third kappa shape index (κ3) is 5.97. The molecule has 0 bridgehead atoms. The predicted molar refractivity (Wildman–Crippen MR) is 144 cm³/mol. The lowest BCUT2D eigenvalue weighted by atomic mass is 9.97. The number of sulfonamides is 1. The van der Waals surface area contributed by atoms with E-state index in [-0.39, 0.29) is 36.3 Å². The van der Waals surface area contributed by atoms with Crippen LogP contribution in [0.1, 0.15) is 18.4 Å². The molecule has 1 saturated heterocycles. The summed E-state index contributed by atoms with van der Waals surface area (Å²) in [5, 5.41) is 2.90. The van der Waals surface area contributed by atoms with Gasteiger partial charge in [-0.2, -0.15) is 4.31 Å². The second kappa shape index (κ2) is 11.5. The third-order valence-corrected chi connectivity index (χ3v) is 8.95. The highest BCUT2D eigenvalue weighted by atomic mass is 32.2. The number of hydrogen-bond acceptors (Lipinski definition) is 5. The fourth-order valence-corrected chi connectivity index (χ4v) is 6.53. The number of rotatable bonds is 7. The summed E-state index contributed by atoms with van der Waals surface area (Å²) >= 11 is 0. The Bertz CT molecular complexity index is 1430. The molecule has 2 heterocycles. The lowest BCUT2D eigenvalue weighted by molar-refractivity contribution is -0.129. The summed E-state index contributed by atoms with van der Waals surface area (Å²) < 4.78 is 47.0. The van der Waals surface area contributed by atoms with E-state index in [2.05, 4.69) is 5.32 Å². The Labute approximate surface area is 227 Å². The molecule has 5 rings (SSSR count). The number of piperidine rings is 1. The van der Waals surface area contributed by atoms with Crippen molar-refractivity contribution in [3.05, 3.63) is 90.2 Å². The van der Waals surface area contributed by atoms with Gasteiger partial charge in [0.15, 0.2) is 6.10 Å². The maximum Gasteiger partial charge on any atom is 0.262 e. The zero-order valence-corrected chi connectivity index (χ0v) is 22.1. The van der Waals surface area contributed by atoms with Crippen LogP contribution in [-0.2, 0) is 26.0 Å². The Hall–Kier alpha value is -3.76. The van der Waals surface area contributed by atoms with Crippen LogP contribution in [0.3, 0.4) is 0 Å². The highest BCUT2D eigenvalue weighted by Gasteiger charge is 2.39. The highest BCUT2D eigenvalue weighted by molar-refractivity contribution is 7.89. The molecular weight excluding hydrogens is 521 g/mol. The van der Waals surface area contributed by atoms with E-state index in [0.29, 0.717) is 37.2 Å². The summed E-state index contributed by atoms with van der Waals surface area (Å²) in [6.45, 7) is 0.729. The fourth-order valence-electron chi connectivity index (χ4n) is 5.01. The molecule has 0 saturated carbocycles. The van der Waals surface area contributed by atoms with E-state index in [1.54, 1.807) is 29.2 Å². The van der Waals surface area contributed by atoms with Gasteiger partial charge < -0.3 is 15.0 Å². The number of hydrogen-bond donors (Lipinski definition) is 1. The van der Waals surface area contributed by atoms with Gasteiger partial charge in [0, 0.05) is 19.6 Å². The lowest BCUT2D eigenvalue weighted by Crippen LogP contribution is -2.54. The number of anilines is 1. The number of para-hydroxylation sites is 2. The summed E-state index contributed by atoms with van der Waals surface area (Å²) in [6.07, 6.45) is 0.787. The van der Waals surface area contributed by atoms with Gasteiger partial charge in [0.25, 0.3) is 5.91 Å². The summed E-state index contributed by atoms with van der Waals surface area (Å²) in [4.78, 5) is 28.4. The first-order valence-electron chi connectivity index (χ1n) is 13.0. The summed E-state index contributed by atoms with van der Waals surface area (Å²) in [7, 11) is -3.89. The Balaban J connectivity index is 1.29. The lowest BCUT2D eigenvalue weighted by Gasteiger charge is -2.38. The van der Waals surface area contributed by atoms with Crippen molar-refractivity contribution in [2.75, 3.05) is 31.1 Å². The van der Waals surface area contributed by atoms with Gasteiger partial charge in [0.1, 0.15) is 11.6 Å². The SMILES string of the molecule is O=C(NCCc1ccccc1)[C@H]1CN(C(=O)[C@H]2CCCN(S(=O)(=O)c3ccc(F)cc3)C2)c2ccccc2O1. The van der Waals surface area contributed by atoms with Gasteiger partial charge >= 0.3 is 0 Å². The molecule has 2 aliphatic heterocycles. The number of carbonyl (C=O) groups excluding carboxylic acids is 2. The average molecular weight is 552 g/mol. The van der Waals surface area contributed by atoms with Gasteiger partial charge in [-0.05, 0) is 61.2 Å². The minimum absolute atomic E-state index is 0.00596. The zero-order chi connectivity index (χ0) is 27.4. The number of ether oxygens (including phenoxy) is 1. The fraction of sp³-hybridized carbons (Fsp3) is 0.310. The second-order valence-electron chi connectivity index (χ2n) is 9.71. The molecule has 0 spiro atoms. The Morgan fingerprint density at radius 1 is 0.949 bits per heavy atom. The molecule has 8 nitrogen and oxygen atoms in total. The molecule has 1 N–H and O–H groups in total. The van der Waals surface area contributed by atoms with E-state index >= 15 is 0 Å². The van der Waals surface area contributed by atoms with E-state index in [9.17, 15) is 22.4 Å². The molecule has 0 aliphatic carbocycles. The van der Waals surface area contributed by atoms with Crippen molar-refractivity contribution < 1.29 is 27.1 Å². The molecule has 2 aliphatic rings. The zero-order valence-electron chi connectivity index (χ0n) is 21.3. The second-order valence-corrected chi connectivity index (χ2v) is 11.6. The maximum atomic E-state index is 13.8. The Kier molecular flexibility index (Phi) is 7.94. The quantitative estimate of drug-likeness (QED) is 0.486. The number of carbonyl (C=O) groups is 2. The molecule has 39 heavy (non-hydrogen) atoms. The molecule has 0 radical (unpaired) electrons. The third-order valence-electron chi connectivity index (χ3n) is 7.07. The van der Waals surface area contributed by atoms with Gasteiger partial charge in [-0.15, -0.1) is 0 Å². The minimum atomic E-state index is -3.89. The monoisotopic (exact) mass is 551 g/mol. The Morgan fingerprint density at radius 2 is 1.67 bits per heavy atom. The normalized spacial score (nSPS) is 19.6. The molecule has 10 heteroatoms. The van der Waals surface area contributed by atoms with E-state index in [1.807, 2.05) is 30.3 Å². The van der Waals surface area contributed by atoms with Crippen molar-refractivity contribution >= 4 is 27.5 Å². The van der Waals surface area contributed by atoms with Crippen LogP contribution in [0.25, 0.3) is 0 Å². The van der Waals surface area contributed by atoms with Crippen molar-refractivity contribution in [3.63, 3.8) is 0 Å². The molecule has 1 fully saturated rings. The van der Waals surface area contributed by atoms with Gasteiger partial charge in [-0.1, -0.05) is 42.5 Å². The summed E-state index contributed by atoms with van der Waals surface area (Å²) in [5.41, 5.74) is 1.65. The number of nitrogens with one attached hydrogen (secondary N) is 1. The van der Waals surface area contributed by atoms with E-state index in [1.165, 1.54) is 16.4 Å². The van der Waals surface area contributed by atoms with Gasteiger partial charge in [0.05, 0.1) is 23.0 Å². The highest BCUT2D eigenvalue weighted by Crippen LogP contribution is 2.35. The maximum absolute atomic E-state index is 13.8.